The summed E-state index contributed by atoms with van der Waals surface area (Å²) in [7, 11) is -8.32. The Kier molecular flexibility index (Phi) is 6.40. The molecule has 0 saturated heterocycles. The molecule has 0 aliphatic carbocycles. The second-order valence-electron chi connectivity index (χ2n) is 8.04. The first-order valence-corrected chi connectivity index (χ1v) is 14.1. The zero-order valence-corrected chi connectivity index (χ0v) is 21.2. The fourth-order valence-corrected chi connectivity index (χ4v) is 5.94. The number of sulfonamides is 2. The Labute approximate surface area is 217 Å². The number of para-hydroxylation sites is 1. The van der Waals surface area contributed by atoms with Crippen LogP contribution in [0.3, 0.4) is 0 Å². The van der Waals surface area contributed by atoms with Crippen LogP contribution in [0.1, 0.15) is 0 Å². The van der Waals surface area contributed by atoms with Crippen molar-refractivity contribution in [2.45, 2.75) is 9.99 Å². The second kappa shape index (κ2) is 9.55. The highest BCUT2D eigenvalue weighted by Gasteiger charge is 2.23. The van der Waals surface area contributed by atoms with Gasteiger partial charge in [0.05, 0.1) is 16.3 Å². The lowest BCUT2D eigenvalue weighted by atomic mass is 10.1. The van der Waals surface area contributed by atoms with Crippen LogP contribution in [0.2, 0.25) is 5.02 Å². The molecule has 4 aromatic carbocycles. The fourth-order valence-electron chi connectivity index (χ4n) is 3.65. The highest BCUT2D eigenvalue weighted by atomic mass is 35.5. The number of hydrogen-bond acceptors (Lipinski definition) is 5. The van der Waals surface area contributed by atoms with Gasteiger partial charge in [-0.25, -0.2) is 12.8 Å². The molecule has 0 aliphatic rings. The number of furan rings is 1. The van der Waals surface area contributed by atoms with Crippen molar-refractivity contribution in [3.63, 3.8) is 0 Å². The Hall–Kier alpha value is -3.86. The van der Waals surface area contributed by atoms with E-state index in [4.69, 9.17) is 16.0 Å². The SMILES string of the molecule is O=S(=O)(Nc1ccc(Cl)cc1NS(=O)(=O)c1cc2ccccc2o1)c1ccc(-c2ccc(F)cc2)cc1. The van der Waals surface area contributed by atoms with Crippen molar-refractivity contribution in [1.82, 2.24) is 0 Å². The maximum absolute atomic E-state index is 13.2. The van der Waals surface area contributed by atoms with Crippen molar-refractivity contribution < 1.29 is 25.6 Å². The number of benzene rings is 4. The molecule has 37 heavy (non-hydrogen) atoms. The van der Waals surface area contributed by atoms with E-state index in [1.165, 1.54) is 48.5 Å². The van der Waals surface area contributed by atoms with Gasteiger partial charge in [0, 0.05) is 16.5 Å². The number of rotatable bonds is 7. The summed E-state index contributed by atoms with van der Waals surface area (Å²) in [4.78, 5) is -0.0561. The summed E-state index contributed by atoms with van der Waals surface area (Å²) in [6.45, 7) is 0. The number of hydrogen-bond donors (Lipinski definition) is 2. The van der Waals surface area contributed by atoms with Gasteiger partial charge in [-0.3, -0.25) is 9.44 Å². The summed E-state index contributed by atoms with van der Waals surface area (Å²) in [6, 6.07) is 24.0. The molecule has 5 aromatic rings. The fraction of sp³-hybridized carbons (Fsp3) is 0. The number of anilines is 2. The first kappa shape index (κ1) is 24.8. The van der Waals surface area contributed by atoms with Crippen LogP contribution in [0.4, 0.5) is 15.8 Å². The summed E-state index contributed by atoms with van der Waals surface area (Å²) < 4.78 is 75.6. The standard InChI is InChI=1S/C26H18ClFN2O5S2/c27-20-9-14-23(24(16-20)30-37(33,34)26-15-19-3-1-2-4-25(19)35-26)29-36(31,32)22-12-7-18(8-13-22)17-5-10-21(28)11-6-17/h1-16,29-30H. The Balaban J connectivity index is 1.42. The van der Waals surface area contributed by atoms with E-state index in [1.54, 1.807) is 48.5 Å². The molecule has 11 heteroatoms. The van der Waals surface area contributed by atoms with Crippen molar-refractivity contribution in [2.24, 2.45) is 0 Å². The van der Waals surface area contributed by atoms with Gasteiger partial charge in [0.1, 0.15) is 11.4 Å². The molecule has 1 heterocycles. The van der Waals surface area contributed by atoms with Crippen molar-refractivity contribution in [3.8, 4) is 11.1 Å². The van der Waals surface area contributed by atoms with Gasteiger partial charge in [-0.15, -0.1) is 0 Å². The van der Waals surface area contributed by atoms with Gasteiger partial charge in [0.25, 0.3) is 20.0 Å². The minimum Gasteiger partial charge on any atom is -0.443 e. The molecule has 7 nitrogen and oxygen atoms in total. The molecule has 1 aromatic heterocycles. The Morgan fingerprint density at radius 1 is 0.676 bits per heavy atom. The third-order valence-electron chi connectivity index (χ3n) is 5.48. The van der Waals surface area contributed by atoms with Gasteiger partial charge in [-0.2, -0.15) is 8.42 Å². The van der Waals surface area contributed by atoms with Gasteiger partial charge in [0.15, 0.2) is 0 Å². The van der Waals surface area contributed by atoms with E-state index in [0.717, 1.165) is 5.56 Å². The van der Waals surface area contributed by atoms with Crippen LogP contribution < -0.4 is 9.44 Å². The molecule has 2 N–H and O–H groups in total. The van der Waals surface area contributed by atoms with Gasteiger partial charge in [-0.1, -0.05) is 54.1 Å². The summed E-state index contributed by atoms with van der Waals surface area (Å²) in [5.41, 5.74) is 1.69. The predicted octanol–water partition coefficient (Wildman–Crippen LogP) is 6.49. The first-order valence-electron chi connectivity index (χ1n) is 10.8. The molecular formula is C26H18ClFN2O5S2. The lowest BCUT2D eigenvalue weighted by molar-refractivity contribution is 0.484. The summed E-state index contributed by atoms with van der Waals surface area (Å²) in [6.07, 6.45) is 0. The largest absolute Gasteiger partial charge is 0.443 e. The molecule has 188 valence electrons. The van der Waals surface area contributed by atoms with E-state index in [0.29, 0.717) is 16.5 Å². The number of fused-ring (bicyclic) bond motifs is 1. The smallest absolute Gasteiger partial charge is 0.295 e. The highest BCUT2D eigenvalue weighted by molar-refractivity contribution is 7.93. The normalized spacial score (nSPS) is 11.9. The van der Waals surface area contributed by atoms with Crippen LogP contribution in [-0.4, -0.2) is 16.8 Å². The summed E-state index contributed by atoms with van der Waals surface area (Å²) in [5, 5.41) is 0.451. The monoisotopic (exact) mass is 556 g/mol. The van der Waals surface area contributed by atoms with Gasteiger partial charge < -0.3 is 4.42 Å². The van der Waals surface area contributed by atoms with Gasteiger partial charge in [-0.05, 0) is 59.7 Å². The lowest BCUT2D eigenvalue weighted by Gasteiger charge is -2.14. The van der Waals surface area contributed by atoms with Gasteiger partial charge >= 0.3 is 0 Å². The van der Waals surface area contributed by atoms with Crippen LogP contribution >= 0.6 is 11.6 Å². The minimum absolute atomic E-state index is 0.0355. The highest BCUT2D eigenvalue weighted by Crippen LogP contribution is 2.32. The van der Waals surface area contributed by atoms with Crippen LogP contribution in [0.5, 0.6) is 0 Å². The molecule has 0 bridgehead atoms. The quantitative estimate of drug-likeness (QED) is 0.238. The average molecular weight is 557 g/mol. The lowest BCUT2D eigenvalue weighted by Crippen LogP contribution is -2.17. The van der Waals surface area contributed by atoms with Crippen LogP contribution in [0.15, 0.2) is 111 Å². The molecule has 0 saturated carbocycles. The molecular weight excluding hydrogens is 539 g/mol. The molecule has 0 amide bonds. The topological polar surface area (TPSA) is 105 Å². The maximum atomic E-state index is 13.2. The van der Waals surface area contributed by atoms with E-state index < -0.39 is 20.0 Å². The van der Waals surface area contributed by atoms with Crippen molar-refractivity contribution in [2.75, 3.05) is 9.44 Å². The van der Waals surface area contributed by atoms with E-state index in [1.807, 2.05) is 0 Å². The summed E-state index contributed by atoms with van der Waals surface area (Å²) >= 11 is 6.07. The zero-order valence-electron chi connectivity index (χ0n) is 18.9. The number of halogens is 2. The molecule has 0 fully saturated rings. The molecule has 0 radical (unpaired) electrons. The molecule has 5 rings (SSSR count). The molecule has 0 atom stereocenters. The Morgan fingerprint density at radius 3 is 1.97 bits per heavy atom. The van der Waals surface area contributed by atoms with Gasteiger partial charge in [0.2, 0.25) is 5.09 Å². The molecule has 0 unspecified atom stereocenters. The second-order valence-corrected chi connectivity index (χ2v) is 11.8. The van der Waals surface area contributed by atoms with Crippen molar-refractivity contribution >= 4 is 54.0 Å². The third-order valence-corrected chi connectivity index (χ3v) is 8.32. The van der Waals surface area contributed by atoms with Crippen LogP contribution in [0, 0.1) is 5.82 Å². The van der Waals surface area contributed by atoms with E-state index in [-0.39, 0.29) is 32.2 Å². The van der Waals surface area contributed by atoms with Crippen LogP contribution in [0.25, 0.3) is 22.1 Å². The maximum Gasteiger partial charge on any atom is 0.295 e. The van der Waals surface area contributed by atoms with E-state index in [9.17, 15) is 21.2 Å². The predicted molar refractivity (Wildman–Crippen MR) is 141 cm³/mol. The van der Waals surface area contributed by atoms with E-state index >= 15 is 0 Å². The number of nitrogens with one attached hydrogen (secondary N) is 2. The first-order chi connectivity index (χ1) is 17.6. The Bertz CT molecular complexity index is 1790. The molecule has 0 aliphatic heterocycles. The Morgan fingerprint density at radius 2 is 1.30 bits per heavy atom. The van der Waals surface area contributed by atoms with Crippen molar-refractivity contribution in [3.05, 3.63) is 108 Å². The minimum atomic E-state index is -4.21. The zero-order chi connectivity index (χ0) is 26.2. The average Bonchev–Trinajstić information content (AvgIpc) is 3.32. The molecule has 0 spiro atoms. The van der Waals surface area contributed by atoms with E-state index in [2.05, 4.69) is 9.44 Å². The van der Waals surface area contributed by atoms with Crippen molar-refractivity contribution in [1.29, 1.82) is 0 Å². The summed E-state index contributed by atoms with van der Waals surface area (Å²) in [5.74, 6) is -0.373. The van der Waals surface area contributed by atoms with Crippen LogP contribution in [-0.2, 0) is 20.0 Å². The third kappa shape index (κ3) is 5.31.